The minimum atomic E-state index is -0.0386. The van der Waals surface area contributed by atoms with Crippen molar-refractivity contribution in [3.05, 3.63) is 24.2 Å². The predicted molar refractivity (Wildman–Crippen MR) is 101 cm³/mol. The summed E-state index contributed by atoms with van der Waals surface area (Å²) in [6, 6.07) is 1.69. The van der Waals surface area contributed by atoms with Crippen LogP contribution in [0.2, 0.25) is 0 Å². The molecule has 2 amide bonds. The van der Waals surface area contributed by atoms with Crippen molar-refractivity contribution < 1.29 is 18.9 Å². The second-order valence-corrected chi connectivity index (χ2v) is 7.10. The lowest BCUT2D eigenvalue weighted by molar-refractivity contribution is -0.902. The molecule has 2 heterocycles. The maximum absolute atomic E-state index is 12.7. The first-order valence-electron chi connectivity index (χ1n) is 10.1. The number of hydrogen-bond acceptors (Lipinski definition) is 3. The van der Waals surface area contributed by atoms with Gasteiger partial charge >= 0.3 is 0 Å². The van der Waals surface area contributed by atoms with E-state index in [2.05, 4.69) is 13.8 Å². The SMILES string of the molecule is CCCCCCN(CCC(=O)N1CC[NH+](CC)CC1)C(=O)c1ccoc1. The fourth-order valence-electron chi connectivity index (χ4n) is 3.43. The maximum Gasteiger partial charge on any atom is 0.257 e. The molecule has 26 heavy (non-hydrogen) atoms. The Morgan fingerprint density at radius 2 is 1.92 bits per heavy atom. The van der Waals surface area contributed by atoms with Gasteiger partial charge in [0.25, 0.3) is 5.91 Å². The van der Waals surface area contributed by atoms with Crippen LogP contribution in [-0.2, 0) is 4.79 Å². The van der Waals surface area contributed by atoms with Gasteiger partial charge in [0.2, 0.25) is 5.91 Å². The summed E-state index contributed by atoms with van der Waals surface area (Å²) in [5.74, 6) is 0.127. The van der Waals surface area contributed by atoms with E-state index in [0.717, 1.165) is 45.6 Å². The van der Waals surface area contributed by atoms with Gasteiger partial charge in [-0.25, -0.2) is 0 Å². The quantitative estimate of drug-likeness (QED) is 0.639. The topological polar surface area (TPSA) is 58.2 Å². The number of likely N-dealkylation sites (N-methyl/N-ethyl adjacent to an activating group) is 1. The van der Waals surface area contributed by atoms with Crippen molar-refractivity contribution in [1.29, 1.82) is 0 Å². The molecule has 0 aromatic carbocycles. The molecule has 6 nitrogen and oxygen atoms in total. The van der Waals surface area contributed by atoms with Gasteiger partial charge in [-0.2, -0.15) is 0 Å². The summed E-state index contributed by atoms with van der Waals surface area (Å²) >= 11 is 0. The smallest absolute Gasteiger partial charge is 0.257 e. The Hall–Kier alpha value is -1.82. The Morgan fingerprint density at radius 1 is 1.15 bits per heavy atom. The first-order chi connectivity index (χ1) is 12.7. The molecule has 146 valence electrons. The van der Waals surface area contributed by atoms with Gasteiger partial charge in [-0.05, 0) is 19.4 Å². The Balaban J connectivity index is 1.85. The third-order valence-corrected chi connectivity index (χ3v) is 5.26. The van der Waals surface area contributed by atoms with Gasteiger partial charge in [-0.15, -0.1) is 0 Å². The Morgan fingerprint density at radius 3 is 2.54 bits per heavy atom. The first kappa shape index (κ1) is 20.5. The van der Waals surface area contributed by atoms with Gasteiger partial charge in [-0.3, -0.25) is 9.59 Å². The van der Waals surface area contributed by atoms with Crippen LogP contribution in [0.3, 0.4) is 0 Å². The molecule has 2 rings (SSSR count). The maximum atomic E-state index is 12.7. The number of nitrogens with zero attached hydrogens (tertiary/aromatic N) is 2. The largest absolute Gasteiger partial charge is 0.472 e. The minimum absolute atomic E-state index is 0.0386. The average molecular weight is 365 g/mol. The van der Waals surface area contributed by atoms with Gasteiger partial charge < -0.3 is 19.1 Å². The summed E-state index contributed by atoms with van der Waals surface area (Å²) in [4.78, 5) is 30.5. The predicted octanol–water partition coefficient (Wildman–Crippen LogP) is 1.44. The zero-order valence-electron chi connectivity index (χ0n) is 16.3. The van der Waals surface area contributed by atoms with E-state index in [1.165, 1.54) is 25.4 Å². The second kappa shape index (κ2) is 11.0. The summed E-state index contributed by atoms with van der Waals surface area (Å²) in [5.41, 5.74) is 0.563. The van der Waals surface area contributed by atoms with Crippen molar-refractivity contribution in [2.45, 2.75) is 46.0 Å². The van der Waals surface area contributed by atoms with Crippen molar-refractivity contribution in [2.75, 3.05) is 45.8 Å². The van der Waals surface area contributed by atoms with Gasteiger partial charge in [0.1, 0.15) is 6.26 Å². The van der Waals surface area contributed by atoms with Crippen LogP contribution in [0.15, 0.2) is 23.0 Å². The molecular formula is C20H34N3O3+. The molecule has 0 aliphatic carbocycles. The lowest BCUT2D eigenvalue weighted by Crippen LogP contribution is -3.14. The molecule has 1 aliphatic heterocycles. The standard InChI is InChI=1S/C20H33N3O3/c1-3-5-6-7-10-23(20(25)18-9-16-26-17-18)11-8-19(24)22-14-12-21(4-2)13-15-22/h9,16-17H,3-8,10-15H2,1-2H3/p+1. The number of nitrogens with one attached hydrogen (secondary N) is 1. The summed E-state index contributed by atoms with van der Waals surface area (Å²) in [5, 5.41) is 0. The zero-order chi connectivity index (χ0) is 18.8. The van der Waals surface area contributed by atoms with E-state index in [-0.39, 0.29) is 11.8 Å². The number of unbranched alkanes of at least 4 members (excludes halogenated alkanes) is 3. The third kappa shape index (κ3) is 6.16. The molecule has 1 aromatic rings. The number of carbonyl (C=O) groups excluding carboxylic acids is 2. The molecule has 1 aliphatic rings. The molecule has 0 saturated carbocycles. The monoisotopic (exact) mass is 364 g/mol. The van der Waals surface area contributed by atoms with E-state index in [1.54, 1.807) is 11.0 Å². The lowest BCUT2D eigenvalue weighted by Gasteiger charge is -2.32. The molecule has 1 saturated heterocycles. The van der Waals surface area contributed by atoms with Gasteiger partial charge in [-0.1, -0.05) is 26.2 Å². The van der Waals surface area contributed by atoms with Crippen molar-refractivity contribution in [3.63, 3.8) is 0 Å². The fourth-order valence-corrected chi connectivity index (χ4v) is 3.43. The molecule has 0 atom stereocenters. The van der Waals surface area contributed by atoms with Crippen LogP contribution in [-0.4, -0.2) is 67.4 Å². The number of hydrogen-bond donors (Lipinski definition) is 1. The molecule has 1 N–H and O–H groups in total. The number of carbonyl (C=O) groups is 2. The van der Waals surface area contributed by atoms with Crippen molar-refractivity contribution in [2.24, 2.45) is 0 Å². The van der Waals surface area contributed by atoms with E-state index >= 15 is 0 Å². The molecule has 0 radical (unpaired) electrons. The molecule has 0 bridgehead atoms. The number of furan rings is 1. The van der Waals surface area contributed by atoms with E-state index in [9.17, 15) is 9.59 Å². The molecule has 1 aromatic heterocycles. The van der Waals surface area contributed by atoms with Crippen LogP contribution >= 0.6 is 0 Å². The fraction of sp³-hybridized carbons (Fsp3) is 0.700. The molecule has 1 fully saturated rings. The summed E-state index contributed by atoms with van der Waals surface area (Å²) < 4.78 is 5.05. The van der Waals surface area contributed by atoms with Crippen LogP contribution in [0.25, 0.3) is 0 Å². The number of piperazine rings is 1. The highest BCUT2D eigenvalue weighted by Gasteiger charge is 2.24. The minimum Gasteiger partial charge on any atom is -0.472 e. The third-order valence-electron chi connectivity index (χ3n) is 5.26. The zero-order valence-corrected chi connectivity index (χ0v) is 16.3. The summed E-state index contributed by atoms with van der Waals surface area (Å²) in [7, 11) is 0. The highest BCUT2D eigenvalue weighted by atomic mass is 16.3. The van der Waals surface area contributed by atoms with Gasteiger partial charge in [0.05, 0.1) is 44.6 Å². The Kier molecular flexibility index (Phi) is 8.68. The average Bonchev–Trinajstić information content (AvgIpc) is 3.21. The van der Waals surface area contributed by atoms with E-state index in [0.29, 0.717) is 25.1 Å². The van der Waals surface area contributed by atoms with E-state index in [4.69, 9.17) is 4.42 Å². The van der Waals surface area contributed by atoms with Crippen LogP contribution in [0.1, 0.15) is 56.3 Å². The highest BCUT2D eigenvalue weighted by Crippen LogP contribution is 2.10. The van der Waals surface area contributed by atoms with Crippen LogP contribution in [0.4, 0.5) is 0 Å². The van der Waals surface area contributed by atoms with Crippen LogP contribution < -0.4 is 4.90 Å². The number of quaternary nitrogens is 1. The van der Waals surface area contributed by atoms with Gasteiger partial charge in [0, 0.05) is 19.5 Å². The highest BCUT2D eigenvalue weighted by molar-refractivity contribution is 5.94. The molecule has 0 spiro atoms. The van der Waals surface area contributed by atoms with Crippen molar-refractivity contribution >= 4 is 11.8 Å². The van der Waals surface area contributed by atoms with Crippen molar-refractivity contribution in [1.82, 2.24) is 9.80 Å². The Bertz CT molecular complexity index is 537. The lowest BCUT2D eigenvalue weighted by atomic mass is 10.2. The molecule has 6 heteroatoms. The van der Waals surface area contributed by atoms with E-state index < -0.39 is 0 Å². The van der Waals surface area contributed by atoms with Gasteiger partial charge in [0.15, 0.2) is 0 Å². The summed E-state index contributed by atoms with van der Waals surface area (Å²) in [6.07, 6.45) is 7.83. The number of rotatable bonds is 10. The summed E-state index contributed by atoms with van der Waals surface area (Å²) in [6.45, 7) is 10.4. The first-order valence-corrected chi connectivity index (χ1v) is 10.1. The molecule has 0 unspecified atom stereocenters. The van der Waals surface area contributed by atoms with Crippen LogP contribution in [0.5, 0.6) is 0 Å². The molecular weight excluding hydrogens is 330 g/mol. The number of amides is 2. The van der Waals surface area contributed by atoms with Crippen LogP contribution in [0, 0.1) is 0 Å². The van der Waals surface area contributed by atoms with E-state index in [1.807, 2.05) is 9.80 Å². The normalized spacial score (nSPS) is 15.2. The Labute approximate surface area is 157 Å². The van der Waals surface area contributed by atoms with Crippen molar-refractivity contribution in [3.8, 4) is 0 Å². The second-order valence-electron chi connectivity index (χ2n) is 7.10.